The van der Waals surface area contributed by atoms with E-state index in [2.05, 4.69) is 125 Å². The number of para-hydroxylation sites is 2. The highest BCUT2D eigenvalue weighted by molar-refractivity contribution is 14.0. The van der Waals surface area contributed by atoms with Crippen molar-refractivity contribution < 1.29 is 4.42 Å². The second kappa shape index (κ2) is 16.6. The monoisotopic (exact) mass is 925 g/mol. The van der Waals surface area contributed by atoms with Gasteiger partial charge in [0, 0.05) is 38.8 Å². The molecule has 3 N–H and O–H groups in total. The summed E-state index contributed by atoms with van der Waals surface area (Å²) in [5.41, 5.74) is 15.3. The Morgan fingerprint density at radius 2 is 1.06 bits per heavy atom. The summed E-state index contributed by atoms with van der Waals surface area (Å²) >= 11 is 0. The van der Waals surface area contributed by atoms with Gasteiger partial charge in [0.2, 0.25) is 0 Å². The van der Waals surface area contributed by atoms with E-state index in [9.17, 15) is 0 Å². The molecule has 0 radical (unpaired) electrons. The van der Waals surface area contributed by atoms with Crippen molar-refractivity contribution in [3.05, 3.63) is 224 Å². The van der Waals surface area contributed by atoms with Crippen LogP contribution in [0, 0.1) is 5.41 Å². The molecule has 0 spiro atoms. The number of hydrogen-bond donors (Lipinski definition) is 2. The Hall–Kier alpha value is -7.75. The van der Waals surface area contributed by atoms with Crippen molar-refractivity contribution in [3.63, 3.8) is 0 Å². The number of benzene rings is 8. The molecule has 12 rings (SSSR count). The summed E-state index contributed by atoms with van der Waals surface area (Å²) in [5, 5.41) is 13.7. The van der Waals surface area contributed by atoms with Crippen LogP contribution >= 0.6 is 24.0 Å². The first-order valence-electron chi connectivity index (χ1n) is 20.6. The number of furan rings is 1. The summed E-state index contributed by atoms with van der Waals surface area (Å²) < 4.78 is 10.2. The maximum absolute atomic E-state index is 7.89. The van der Waals surface area contributed by atoms with Gasteiger partial charge in [-0.15, -0.1) is 24.0 Å². The fourth-order valence-electron chi connectivity index (χ4n) is 8.67. The molecule has 12 aromatic rings. The minimum absolute atomic E-state index is 0. The number of pyridine rings is 1. The summed E-state index contributed by atoms with van der Waals surface area (Å²) in [4.78, 5) is 4.58. The number of nitrogens with zero attached hydrogens (tertiary/aromatic N) is 3. The lowest BCUT2D eigenvalue weighted by molar-refractivity contribution is 0.668. The molecule has 0 saturated heterocycles. The Morgan fingerprint density at radius 3 is 1.83 bits per heavy atom. The van der Waals surface area contributed by atoms with Crippen LogP contribution in [0.15, 0.2) is 217 Å². The molecule has 4 heterocycles. The Labute approximate surface area is 380 Å². The summed E-state index contributed by atoms with van der Waals surface area (Å²) in [7, 11) is 0. The molecule has 4 aromatic heterocycles. The summed E-state index contributed by atoms with van der Waals surface area (Å²) in [6, 6.07) is 69.1. The average Bonchev–Trinajstić information content (AvgIpc) is 3.98. The van der Waals surface area contributed by atoms with Crippen LogP contribution in [-0.2, 0) is 0 Å². The van der Waals surface area contributed by atoms with Gasteiger partial charge in [-0.25, -0.2) is 0 Å². The SMILES string of the molecule is I.N=C(/C=C/c1ccccc1)c1ccccc1.Nn1c2ccccc2c2cc(-c3ccc4c(c3)c3ccccc3n4-c3cccc(-c4ccc5oc6cccnc6c5c4)c3)ccc21. The number of nitrogens with two attached hydrogens (primary N) is 1. The summed E-state index contributed by atoms with van der Waals surface area (Å²) in [5.74, 6) is 6.45. The third-order valence-electron chi connectivity index (χ3n) is 11.7. The van der Waals surface area contributed by atoms with Crippen LogP contribution in [0.4, 0.5) is 0 Å². The highest BCUT2D eigenvalue weighted by Gasteiger charge is 2.16. The van der Waals surface area contributed by atoms with Crippen molar-refractivity contribution in [2.45, 2.75) is 0 Å². The smallest absolute Gasteiger partial charge is 0.153 e. The molecular weight excluding hydrogens is 886 g/mol. The molecule has 0 saturated carbocycles. The van der Waals surface area contributed by atoms with Crippen molar-refractivity contribution in [3.8, 4) is 27.9 Å². The standard InChI is InChI=1S/C41H26N4O.C15H13N.HI/c42-45-37-12-4-2-10-31(37)33-23-27(15-18-38(33)45)26-14-17-36-32(22-26)30-9-1-3-11-35(30)44(36)29-8-5-7-25(21-29)28-16-19-39-34(24-28)41-40(46-39)13-6-20-43-41;16-15(14-9-5-2-6-10-14)12-11-13-7-3-1-4-8-13;/h1-24H,42H2;1-12,16H;1H/b;12-11+,16-15?;. The van der Waals surface area contributed by atoms with Gasteiger partial charge in [0.15, 0.2) is 5.58 Å². The molecule has 0 amide bonds. The molecule has 63 heavy (non-hydrogen) atoms. The van der Waals surface area contributed by atoms with Crippen molar-refractivity contribution in [2.24, 2.45) is 0 Å². The summed E-state index contributed by atoms with van der Waals surface area (Å²) in [6.45, 7) is 0. The summed E-state index contributed by atoms with van der Waals surface area (Å²) in [6.07, 6.45) is 5.59. The first-order valence-corrected chi connectivity index (χ1v) is 20.6. The lowest BCUT2D eigenvalue weighted by Gasteiger charge is -2.11. The molecule has 0 aliphatic heterocycles. The van der Waals surface area contributed by atoms with Crippen molar-refractivity contribution in [2.75, 3.05) is 5.84 Å². The van der Waals surface area contributed by atoms with Gasteiger partial charge in [0.1, 0.15) is 11.1 Å². The van der Waals surface area contributed by atoms with Crippen LogP contribution in [-0.4, -0.2) is 19.9 Å². The molecule has 6 nitrogen and oxygen atoms in total. The minimum atomic E-state index is 0. The normalized spacial score (nSPS) is 11.4. The largest absolute Gasteiger partial charge is 0.454 e. The number of nitrogens with one attached hydrogen (secondary N) is 1. The van der Waals surface area contributed by atoms with E-state index in [1.54, 1.807) is 4.68 Å². The average molecular weight is 926 g/mol. The fourth-order valence-corrected chi connectivity index (χ4v) is 8.67. The molecule has 8 aromatic carbocycles. The van der Waals surface area contributed by atoms with Gasteiger partial charge in [-0.3, -0.25) is 9.66 Å². The highest BCUT2D eigenvalue weighted by Crippen LogP contribution is 2.38. The topological polar surface area (TPSA) is 85.8 Å². The van der Waals surface area contributed by atoms with Crippen molar-refractivity contribution in [1.29, 1.82) is 5.41 Å². The second-order valence-corrected chi connectivity index (χ2v) is 15.4. The van der Waals surface area contributed by atoms with E-state index in [0.29, 0.717) is 5.71 Å². The Balaban J connectivity index is 0.000000235. The van der Waals surface area contributed by atoms with E-state index < -0.39 is 0 Å². The molecule has 0 aliphatic rings. The van der Waals surface area contributed by atoms with Crippen molar-refractivity contribution in [1.82, 2.24) is 14.2 Å². The third-order valence-corrected chi connectivity index (χ3v) is 11.7. The molecule has 0 atom stereocenters. The maximum atomic E-state index is 7.89. The number of nitrogen functional groups attached to an aromatic ring is 1. The Morgan fingerprint density at radius 1 is 0.492 bits per heavy atom. The molecule has 0 fully saturated rings. The molecule has 0 bridgehead atoms. The van der Waals surface area contributed by atoms with E-state index >= 15 is 0 Å². The van der Waals surface area contributed by atoms with Gasteiger partial charge in [0.05, 0.1) is 27.8 Å². The van der Waals surface area contributed by atoms with Gasteiger partial charge >= 0.3 is 0 Å². The predicted molar refractivity (Wildman–Crippen MR) is 274 cm³/mol. The zero-order chi connectivity index (χ0) is 41.6. The van der Waals surface area contributed by atoms with E-state index in [1.165, 1.54) is 32.9 Å². The molecule has 7 heteroatoms. The van der Waals surface area contributed by atoms with Crippen LogP contribution in [0.25, 0.3) is 99.7 Å². The van der Waals surface area contributed by atoms with Gasteiger partial charge in [-0.05, 0) is 112 Å². The van der Waals surface area contributed by atoms with E-state index in [4.69, 9.17) is 15.7 Å². The predicted octanol–water partition coefficient (Wildman–Crippen LogP) is 14.6. The second-order valence-electron chi connectivity index (χ2n) is 15.4. The maximum Gasteiger partial charge on any atom is 0.153 e. The van der Waals surface area contributed by atoms with Gasteiger partial charge in [-0.1, -0.05) is 133 Å². The minimum Gasteiger partial charge on any atom is -0.454 e. The number of aromatic nitrogens is 3. The highest BCUT2D eigenvalue weighted by atomic mass is 127. The molecule has 302 valence electrons. The van der Waals surface area contributed by atoms with Gasteiger partial charge in [-0.2, -0.15) is 0 Å². The first-order chi connectivity index (χ1) is 30.6. The molecular formula is C56H40IN5O. The lowest BCUT2D eigenvalue weighted by atomic mass is 10.0. The third kappa shape index (κ3) is 7.22. The number of hydrogen-bond acceptors (Lipinski definition) is 4. The van der Waals surface area contributed by atoms with Gasteiger partial charge < -0.3 is 20.2 Å². The number of rotatable bonds is 6. The van der Waals surface area contributed by atoms with E-state index in [0.717, 1.165) is 71.8 Å². The van der Waals surface area contributed by atoms with E-state index in [-0.39, 0.29) is 24.0 Å². The van der Waals surface area contributed by atoms with Crippen LogP contribution in [0.2, 0.25) is 0 Å². The zero-order valence-corrected chi connectivity index (χ0v) is 36.4. The van der Waals surface area contributed by atoms with Crippen molar-refractivity contribution >= 4 is 101 Å². The Bertz CT molecular complexity index is 3680. The lowest BCUT2D eigenvalue weighted by Crippen LogP contribution is -2.06. The molecule has 0 unspecified atom stereocenters. The first kappa shape index (κ1) is 39.4. The Kier molecular flexibility index (Phi) is 10.4. The number of allylic oxidation sites excluding steroid dienone is 1. The van der Waals surface area contributed by atoms with Crippen LogP contribution < -0.4 is 5.84 Å². The van der Waals surface area contributed by atoms with Gasteiger partial charge in [0.25, 0.3) is 0 Å². The number of halogens is 1. The van der Waals surface area contributed by atoms with E-state index in [1.807, 2.05) is 103 Å². The van der Waals surface area contributed by atoms with Crippen LogP contribution in [0.3, 0.4) is 0 Å². The van der Waals surface area contributed by atoms with Crippen LogP contribution in [0.5, 0.6) is 0 Å². The number of fused-ring (bicyclic) bond motifs is 9. The fraction of sp³-hybridized carbons (Fsp3) is 0. The quantitative estimate of drug-likeness (QED) is 0.0989. The molecule has 0 aliphatic carbocycles. The zero-order valence-electron chi connectivity index (χ0n) is 34.0. The van der Waals surface area contributed by atoms with Crippen LogP contribution in [0.1, 0.15) is 11.1 Å².